The Bertz CT molecular complexity index is 482. The number of aryl methyl sites for hydroxylation is 2. The number of carboxylic acids is 1. The molecule has 0 saturated carbocycles. The maximum atomic E-state index is 12.0. The van der Waals surface area contributed by atoms with Gasteiger partial charge in [0, 0.05) is 18.7 Å². The smallest absolute Gasteiger partial charge is 0.308 e. The molecule has 104 valence electrons. The number of carbonyl (C=O) groups is 2. The van der Waals surface area contributed by atoms with Crippen molar-refractivity contribution in [2.75, 3.05) is 11.4 Å². The van der Waals surface area contributed by atoms with Gasteiger partial charge in [-0.05, 0) is 25.5 Å². The number of amides is 1. The summed E-state index contributed by atoms with van der Waals surface area (Å²) in [6.45, 7) is 7.52. The molecule has 4 heteroatoms. The molecule has 1 unspecified atom stereocenters. The number of aliphatic carboxylic acids is 1. The van der Waals surface area contributed by atoms with Crippen molar-refractivity contribution >= 4 is 17.6 Å². The number of nitrogens with zero attached hydrogens (tertiary/aromatic N) is 1. The maximum Gasteiger partial charge on any atom is 0.308 e. The van der Waals surface area contributed by atoms with Crippen LogP contribution in [0, 0.1) is 19.8 Å². The minimum Gasteiger partial charge on any atom is -0.481 e. The Labute approximate surface area is 114 Å². The summed E-state index contributed by atoms with van der Waals surface area (Å²) in [5.41, 5.74) is 2.90. The molecule has 1 atom stereocenters. The molecule has 1 N–H and O–H groups in total. The lowest BCUT2D eigenvalue weighted by Crippen LogP contribution is -2.37. The highest BCUT2D eigenvalue weighted by Crippen LogP contribution is 2.23. The second-order valence-corrected chi connectivity index (χ2v) is 4.89. The van der Waals surface area contributed by atoms with E-state index in [2.05, 4.69) is 0 Å². The summed E-state index contributed by atoms with van der Waals surface area (Å²) in [7, 11) is 0. The molecule has 19 heavy (non-hydrogen) atoms. The first-order chi connectivity index (χ1) is 8.86. The van der Waals surface area contributed by atoms with Gasteiger partial charge in [-0.2, -0.15) is 0 Å². The van der Waals surface area contributed by atoms with E-state index in [0.717, 1.165) is 16.8 Å². The van der Waals surface area contributed by atoms with Gasteiger partial charge in [-0.1, -0.05) is 31.5 Å². The molecular weight excluding hydrogens is 242 g/mol. The van der Waals surface area contributed by atoms with Crippen molar-refractivity contribution in [2.45, 2.75) is 34.1 Å². The van der Waals surface area contributed by atoms with Crippen LogP contribution in [0.4, 0.5) is 5.69 Å². The maximum absolute atomic E-state index is 12.0. The Morgan fingerprint density at radius 3 is 2.42 bits per heavy atom. The van der Waals surface area contributed by atoms with E-state index in [4.69, 9.17) is 5.11 Å². The van der Waals surface area contributed by atoms with Crippen LogP contribution in [0.2, 0.25) is 0 Å². The Morgan fingerprint density at radius 1 is 1.32 bits per heavy atom. The van der Waals surface area contributed by atoms with Gasteiger partial charge in [0.25, 0.3) is 0 Å². The largest absolute Gasteiger partial charge is 0.481 e. The summed E-state index contributed by atoms with van der Waals surface area (Å²) < 4.78 is 0. The molecule has 1 aromatic carbocycles. The molecule has 1 amide bonds. The van der Waals surface area contributed by atoms with Crippen molar-refractivity contribution in [2.24, 2.45) is 5.92 Å². The highest BCUT2D eigenvalue weighted by atomic mass is 16.4. The highest BCUT2D eigenvalue weighted by Gasteiger charge is 2.22. The molecule has 0 fully saturated rings. The Morgan fingerprint density at radius 2 is 1.95 bits per heavy atom. The SMILES string of the molecule is CCC(=O)N(CC(C)C(=O)O)c1ccc(C)cc1C. The van der Waals surface area contributed by atoms with Crippen molar-refractivity contribution < 1.29 is 14.7 Å². The summed E-state index contributed by atoms with van der Waals surface area (Å²) in [5.74, 6) is -1.53. The fraction of sp³-hybridized carbons (Fsp3) is 0.467. The molecule has 1 rings (SSSR count). The molecule has 0 spiro atoms. The number of carbonyl (C=O) groups excluding carboxylic acids is 1. The number of hydrogen-bond acceptors (Lipinski definition) is 2. The first-order valence-electron chi connectivity index (χ1n) is 6.47. The third kappa shape index (κ3) is 3.81. The third-order valence-corrected chi connectivity index (χ3v) is 3.12. The molecule has 0 radical (unpaired) electrons. The fourth-order valence-electron chi connectivity index (χ4n) is 1.99. The number of rotatable bonds is 5. The molecule has 0 bridgehead atoms. The number of anilines is 1. The monoisotopic (exact) mass is 263 g/mol. The minimum absolute atomic E-state index is 0.0555. The minimum atomic E-state index is -0.890. The van der Waals surface area contributed by atoms with E-state index in [1.807, 2.05) is 32.0 Å². The van der Waals surface area contributed by atoms with Gasteiger partial charge in [-0.25, -0.2) is 0 Å². The van der Waals surface area contributed by atoms with Gasteiger partial charge in [-0.3, -0.25) is 9.59 Å². The summed E-state index contributed by atoms with van der Waals surface area (Å²) >= 11 is 0. The Hall–Kier alpha value is -1.84. The van der Waals surface area contributed by atoms with E-state index in [0.29, 0.717) is 6.42 Å². The van der Waals surface area contributed by atoms with Crippen LogP contribution >= 0.6 is 0 Å². The van der Waals surface area contributed by atoms with Crippen LogP contribution in [0.3, 0.4) is 0 Å². The quantitative estimate of drug-likeness (QED) is 0.888. The van der Waals surface area contributed by atoms with Crippen LogP contribution in [0.5, 0.6) is 0 Å². The van der Waals surface area contributed by atoms with Gasteiger partial charge in [0.05, 0.1) is 5.92 Å². The van der Waals surface area contributed by atoms with Crippen molar-refractivity contribution in [3.05, 3.63) is 29.3 Å². The van der Waals surface area contributed by atoms with E-state index < -0.39 is 11.9 Å². The van der Waals surface area contributed by atoms with Crippen LogP contribution in [0.25, 0.3) is 0 Å². The van der Waals surface area contributed by atoms with E-state index in [-0.39, 0.29) is 12.5 Å². The van der Waals surface area contributed by atoms with Crippen molar-refractivity contribution in [3.63, 3.8) is 0 Å². The summed E-state index contributed by atoms with van der Waals surface area (Å²) in [5, 5.41) is 9.01. The normalized spacial score (nSPS) is 12.0. The zero-order valence-electron chi connectivity index (χ0n) is 11.9. The third-order valence-electron chi connectivity index (χ3n) is 3.12. The topological polar surface area (TPSA) is 57.6 Å². The van der Waals surface area contributed by atoms with Gasteiger partial charge in [0.2, 0.25) is 5.91 Å². The molecule has 0 heterocycles. The number of carboxylic acid groups (broad SMARTS) is 1. The number of hydrogen-bond donors (Lipinski definition) is 1. The molecule has 0 aliphatic rings. The van der Waals surface area contributed by atoms with E-state index >= 15 is 0 Å². The lowest BCUT2D eigenvalue weighted by molar-refractivity contribution is -0.140. The second kappa shape index (κ2) is 6.36. The number of benzene rings is 1. The lowest BCUT2D eigenvalue weighted by Gasteiger charge is -2.26. The average Bonchev–Trinajstić information content (AvgIpc) is 2.35. The van der Waals surface area contributed by atoms with Crippen molar-refractivity contribution in [1.29, 1.82) is 0 Å². The predicted octanol–water partition coefficient (Wildman–Crippen LogP) is 2.77. The Balaban J connectivity index is 3.09. The van der Waals surface area contributed by atoms with Crippen LogP contribution in [0.1, 0.15) is 31.4 Å². The second-order valence-electron chi connectivity index (χ2n) is 4.89. The van der Waals surface area contributed by atoms with Crippen LogP contribution in [0.15, 0.2) is 18.2 Å². The van der Waals surface area contributed by atoms with Gasteiger partial charge in [0.1, 0.15) is 0 Å². The molecule has 1 aromatic rings. The lowest BCUT2D eigenvalue weighted by atomic mass is 10.1. The van der Waals surface area contributed by atoms with Gasteiger partial charge >= 0.3 is 5.97 Å². The van der Waals surface area contributed by atoms with Gasteiger partial charge in [0.15, 0.2) is 0 Å². The zero-order valence-corrected chi connectivity index (χ0v) is 11.9. The molecule has 0 aliphatic carbocycles. The van der Waals surface area contributed by atoms with Crippen LogP contribution in [-0.2, 0) is 9.59 Å². The van der Waals surface area contributed by atoms with Crippen LogP contribution < -0.4 is 4.90 Å². The zero-order chi connectivity index (χ0) is 14.6. The molecule has 0 aromatic heterocycles. The van der Waals surface area contributed by atoms with E-state index in [9.17, 15) is 9.59 Å². The van der Waals surface area contributed by atoms with E-state index in [1.165, 1.54) is 0 Å². The van der Waals surface area contributed by atoms with Gasteiger partial charge < -0.3 is 10.0 Å². The van der Waals surface area contributed by atoms with Crippen molar-refractivity contribution in [3.8, 4) is 0 Å². The molecular formula is C15H21NO3. The standard InChI is InChI=1S/C15H21NO3/c1-5-14(17)16(9-12(4)15(18)19)13-7-6-10(2)8-11(13)3/h6-8,12H,5,9H2,1-4H3,(H,18,19). The molecule has 4 nitrogen and oxygen atoms in total. The summed E-state index contributed by atoms with van der Waals surface area (Å²) in [6.07, 6.45) is 0.361. The van der Waals surface area contributed by atoms with Crippen molar-refractivity contribution in [1.82, 2.24) is 0 Å². The average molecular weight is 263 g/mol. The van der Waals surface area contributed by atoms with Gasteiger partial charge in [-0.15, -0.1) is 0 Å². The first-order valence-corrected chi connectivity index (χ1v) is 6.47. The molecule has 0 saturated heterocycles. The highest BCUT2D eigenvalue weighted by molar-refractivity contribution is 5.94. The molecule has 0 aliphatic heterocycles. The fourth-order valence-corrected chi connectivity index (χ4v) is 1.99. The Kier molecular flexibility index (Phi) is 5.10. The van der Waals surface area contributed by atoms with E-state index in [1.54, 1.807) is 18.7 Å². The summed E-state index contributed by atoms with van der Waals surface area (Å²) in [6, 6.07) is 5.81. The summed E-state index contributed by atoms with van der Waals surface area (Å²) in [4.78, 5) is 24.6. The predicted molar refractivity (Wildman–Crippen MR) is 75.4 cm³/mol. The van der Waals surface area contributed by atoms with Crippen LogP contribution in [-0.4, -0.2) is 23.5 Å². The first kappa shape index (κ1) is 15.2.